The van der Waals surface area contributed by atoms with Crippen molar-refractivity contribution in [3.8, 4) is 0 Å². The van der Waals surface area contributed by atoms with Crippen molar-refractivity contribution in [2.45, 2.75) is 41.9 Å². The van der Waals surface area contributed by atoms with E-state index in [1.165, 1.54) is 12.1 Å². The van der Waals surface area contributed by atoms with Crippen molar-refractivity contribution in [3.05, 3.63) is 53.6 Å². The summed E-state index contributed by atoms with van der Waals surface area (Å²) in [6, 6.07) is 13.8. The van der Waals surface area contributed by atoms with E-state index in [4.69, 9.17) is 11.6 Å². The number of carbonyl (C=O) groups is 1. The van der Waals surface area contributed by atoms with E-state index in [2.05, 4.69) is 4.98 Å². The van der Waals surface area contributed by atoms with Gasteiger partial charge in [-0.15, -0.1) is 0 Å². The van der Waals surface area contributed by atoms with Crippen molar-refractivity contribution in [2.75, 3.05) is 11.4 Å². The first kappa shape index (κ1) is 18.6. The van der Waals surface area contributed by atoms with Gasteiger partial charge in [0, 0.05) is 18.1 Å². The Morgan fingerprint density at radius 3 is 2.41 bits per heavy atom. The Morgan fingerprint density at radius 1 is 1.00 bits per heavy atom. The second-order valence-corrected chi connectivity index (χ2v) is 10.4. The fourth-order valence-electron chi connectivity index (χ4n) is 4.61. The van der Waals surface area contributed by atoms with E-state index in [0.29, 0.717) is 49.7 Å². The van der Waals surface area contributed by atoms with Crippen LogP contribution >= 0.6 is 11.6 Å². The van der Waals surface area contributed by atoms with Gasteiger partial charge < -0.3 is 4.57 Å². The number of hydrogen-bond acceptors (Lipinski definition) is 4. The standard InChI is InChI=1S/C21H20ClN3O3S/c22-15-7-9-16(10-8-15)29(27,28)21(11-3-4-12-21)19(26)25-14-13-24-18-6-2-1-5-17(18)23-20(24)25/h1-2,5-10H,3-4,11-14H2. The Bertz CT molecular complexity index is 1210. The minimum atomic E-state index is -3.87. The number of para-hydroxylation sites is 2. The van der Waals surface area contributed by atoms with Crippen LogP contribution in [0.5, 0.6) is 0 Å². The minimum absolute atomic E-state index is 0.143. The summed E-state index contributed by atoms with van der Waals surface area (Å²) in [7, 11) is -3.87. The van der Waals surface area contributed by atoms with Gasteiger partial charge in [-0.3, -0.25) is 9.69 Å². The summed E-state index contributed by atoms with van der Waals surface area (Å²) in [5, 5.41) is 0.462. The molecule has 8 heteroatoms. The first-order chi connectivity index (χ1) is 13.9. The van der Waals surface area contributed by atoms with Crippen molar-refractivity contribution in [3.63, 3.8) is 0 Å². The molecule has 0 radical (unpaired) electrons. The summed E-state index contributed by atoms with van der Waals surface area (Å²) in [6.07, 6.45) is 2.08. The molecule has 29 heavy (non-hydrogen) atoms. The fraction of sp³-hybridized carbons (Fsp3) is 0.333. The molecule has 5 rings (SSSR count). The monoisotopic (exact) mass is 429 g/mol. The van der Waals surface area contributed by atoms with Gasteiger partial charge in [-0.2, -0.15) is 0 Å². The van der Waals surface area contributed by atoms with Gasteiger partial charge in [0.15, 0.2) is 14.6 Å². The second-order valence-electron chi connectivity index (χ2n) is 7.67. The SMILES string of the molecule is O=C(N1CCn2c1nc1ccccc12)C1(S(=O)(=O)c2ccc(Cl)cc2)CCCC1. The molecule has 2 aromatic carbocycles. The Morgan fingerprint density at radius 2 is 1.69 bits per heavy atom. The van der Waals surface area contributed by atoms with Crippen molar-refractivity contribution in [1.29, 1.82) is 0 Å². The highest BCUT2D eigenvalue weighted by atomic mass is 35.5. The molecular weight excluding hydrogens is 410 g/mol. The normalized spacial score (nSPS) is 18.3. The van der Waals surface area contributed by atoms with E-state index in [-0.39, 0.29) is 10.8 Å². The molecule has 0 bridgehead atoms. The maximum absolute atomic E-state index is 13.8. The van der Waals surface area contributed by atoms with E-state index in [1.54, 1.807) is 17.0 Å². The van der Waals surface area contributed by atoms with Gasteiger partial charge in [0.1, 0.15) is 0 Å². The highest BCUT2D eigenvalue weighted by Gasteiger charge is 2.55. The lowest BCUT2D eigenvalue weighted by molar-refractivity contribution is -0.120. The molecule has 1 aliphatic carbocycles. The largest absolute Gasteiger partial charge is 0.308 e. The lowest BCUT2D eigenvalue weighted by Crippen LogP contribution is -2.52. The number of rotatable bonds is 3. The number of carbonyl (C=O) groups excluding carboxylic acids is 1. The van der Waals surface area contributed by atoms with Crippen LogP contribution in [0.25, 0.3) is 11.0 Å². The summed E-state index contributed by atoms with van der Waals surface area (Å²) in [5.41, 5.74) is 1.76. The molecule has 0 atom stereocenters. The maximum Gasteiger partial charge on any atom is 0.251 e. The lowest BCUT2D eigenvalue weighted by Gasteiger charge is -2.31. The zero-order chi connectivity index (χ0) is 20.2. The van der Waals surface area contributed by atoms with Gasteiger partial charge in [-0.05, 0) is 49.2 Å². The first-order valence-corrected chi connectivity index (χ1v) is 11.6. The van der Waals surface area contributed by atoms with Crippen LogP contribution in [0, 0.1) is 0 Å². The number of hydrogen-bond donors (Lipinski definition) is 0. The maximum atomic E-state index is 13.8. The highest BCUT2D eigenvalue weighted by Crippen LogP contribution is 2.43. The van der Waals surface area contributed by atoms with E-state index in [9.17, 15) is 13.2 Å². The Labute approximate surface area is 174 Å². The van der Waals surface area contributed by atoms with E-state index < -0.39 is 14.6 Å². The van der Waals surface area contributed by atoms with Crippen molar-refractivity contribution < 1.29 is 13.2 Å². The van der Waals surface area contributed by atoms with Crippen molar-refractivity contribution in [2.24, 2.45) is 0 Å². The summed E-state index contributed by atoms with van der Waals surface area (Å²) in [4.78, 5) is 20.1. The zero-order valence-electron chi connectivity index (χ0n) is 15.7. The molecule has 3 aromatic rings. The van der Waals surface area contributed by atoms with Crippen molar-refractivity contribution in [1.82, 2.24) is 9.55 Å². The highest BCUT2D eigenvalue weighted by molar-refractivity contribution is 7.93. The molecule has 1 aromatic heterocycles. The molecule has 0 N–H and O–H groups in total. The van der Waals surface area contributed by atoms with Gasteiger partial charge in [0.05, 0.1) is 15.9 Å². The van der Waals surface area contributed by atoms with Crippen molar-refractivity contribution >= 4 is 44.3 Å². The molecule has 0 unspecified atom stereocenters. The topological polar surface area (TPSA) is 72.3 Å². The van der Waals surface area contributed by atoms with Gasteiger partial charge in [0.2, 0.25) is 5.95 Å². The van der Waals surface area contributed by atoms with Gasteiger partial charge in [-0.25, -0.2) is 13.4 Å². The quantitative estimate of drug-likeness (QED) is 0.634. The number of anilines is 1. The van der Waals surface area contributed by atoms with Gasteiger partial charge in [0.25, 0.3) is 5.91 Å². The number of fused-ring (bicyclic) bond motifs is 3. The minimum Gasteiger partial charge on any atom is -0.308 e. The smallest absolute Gasteiger partial charge is 0.251 e. The molecule has 1 amide bonds. The van der Waals surface area contributed by atoms with E-state index >= 15 is 0 Å². The lowest BCUT2D eigenvalue weighted by atomic mass is 10.1. The fourth-order valence-corrected chi connectivity index (χ4v) is 6.85. The number of nitrogens with zero attached hydrogens (tertiary/aromatic N) is 3. The third kappa shape index (κ3) is 2.64. The van der Waals surface area contributed by atoms with Crippen LogP contribution in [-0.4, -0.2) is 35.2 Å². The van der Waals surface area contributed by atoms with Gasteiger partial charge >= 0.3 is 0 Å². The predicted octanol–water partition coefficient (Wildman–Crippen LogP) is 3.82. The number of amides is 1. The number of halogens is 1. The number of benzene rings is 2. The zero-order valence-corrected chi connectivity index (χ0v) is 17.3. The molecule has 0 saturated heterocycles. The average Bonchev–Trinajstić information content (AvgIpc) is 3.43. The number of sulfone groups is 1. The number of aromatic nitrogens is 2. The third-order valence-electron chi connectivity index (χ3n) is 6.11. The Balaban J connectivity index is 1.60. The second kappa shape index (κ2) is 6.57. The van der Waals surface area contributed by atoms with E-state index in [1.807, 2.05) is 28.8 Å². The summed E-state index contributed by atoms with van der Waals surface area (Å²) in [6.45, 7) is 1.04. The molecule has 6 nitrogen and oxygen atoms in total. The van der Waals surface area contributed by atoms with Crippen LogP contribution in [0.15, 0.2) is 53.4 Å². The molecule has 0 spiro atoms. The van der Waals surface area contributed by atoms with E-state index in [0.717, 1.165) is 11.0 Å². The Kier molecular flexibility index (Phi) is 4.22. The molecule has 1 aliphatic heterocycles. The molecular formula is C21H20ClN3O3S. The van der Waals surface area contributed by atoms with Crippen LogP contribution in [0.3, 0.4) is 0 Å². The predicted molar refractivity (Wildman–Crippen MR) is 112 cm³/mol. The summed E-state index contributed by atoms with van der Waals surface area (Å²) in [5.74, 6) is 0.174. The number of imidazole rings is 1. The van der Waals surface area contributed by atoms with Crippen LogP contribution in [0.2, 0.25) is 5.02 Å². The van der Waals surface area contributed by atoms with Crippen LogP contribution in [-0.2, 0) is 21.2 Å². The third-order valence-corrected chi connectivity index (χ3v) is 8.86. The molecule has 150 valence electrons. The molecule has 1 fully saturated rings. The molecule has 1 saturated carbocycles. The van der Waals surface area contributed by atoms with Crippen LogP contribution < -0.4 is 4.90 Å². The first-order valence-electron chi connectivity index (χ1n) is 9.71. The van der Waals surface area contributed by atoms with Gasteiger partial charge in [-0.1, -0.05) is 36.6 Å². The summed E-state index contributed by atoms with van der Waals surface area (Å²) >= 11 is 5.94. The molecule has 2 heterocycles. The Hall–Kier alpha value is -2.38. The summed E-state index contributed by atoms with van der Waals surface area (Å²) < 4.78 is 27.8. The molecule has 2 aliphatic rings. The van der Waals surface area contributed by atoms with Crippen LogP contribution in [0.4, 0.5) is 5.95 Å². The average molecular weight is 430 g/mol. The van der Waals surface area contributed by atoms with Crippen LogP contribution in [0.1, 0.15) is 25.7 Å².